The van der Waals surface area contributed by atoms with Gasteiger partial charge in [-0.15, -0.1) is 0 Å². The van der Waals surface area contributed by atoms with Crippen molar-refractivity contribution in [2.75, 3.05) is 24.5 Å². The van der Waals surface area contributed by atoms with Crippen LogP contribution < -0.4 is 10.2 Å². The predicted octanol–water partition coefficient (Wildman–Crippen LogP) is 4.09. The number of nitrogens with zero attached hydrogens (tertiary/aromatic N) is 3. The van der Waals surface area contributed by atoms with Crippen LogP contribution in [0.4, 0.5) is 5.13 Å². The van der Waals surface area contributed by atoms with E-state index in [0.29, 0.717) is 12.3 Å². The van der Waals surface area contributed by atoms with Gasteiger partial charge in [-0.2, -0.15) is 4.37 Å². The topological polar surface area (TPSA) is 58.1 Å². The number of nitrogens with one attached hydrogen (secondary N) is 1. The Labute approximate surface area is 182 Å². The molecule has 156 valence electrons. The first-order valence-corrected chi connectivity index (χ1v) is 11.5. The average molecular weight is 421 g/mol. The van der Waals surface area contributed by atoms with Crippen LogP contribution in [-0.2, 0) is 17.6 Å². The molecule has 0 saturated carbocycles. The van der Waals surface area contributed by atoms with E-state index < -0.39 is 0 Å². The maximum atomic E-state index is 12.2. The molecule has 0 radical (unpaired) electrons. The number of aromatic nitrogens is 2. The molecule has 3 aromatic rings. The normalized spacial score (nSPS) is 14.6. The standard InChI is InChI=1S/C24H28N4OS/c29-23(12-11-19-7-3-1-4-8-19)25-18-21-13-15-28(16-14-21)24-26-22(27-30-24)17-20-9-5-2-6-10-20/h1-10,21H,11-18H2,(H,25,29). The average Bonchev–Trinajstić information content (AvgIpc) is 3.26. The summed E-state index contributed by atoms with van der Waals surface area (Å²) in [5, 5.41) is 4.15. The zero-order chi connectivity index (χ0) is 20.6. The molecule has 1 saturated heterocycles. The zero-order valence-corrected chi connectivity index (χ0v) is 18.0. The highest BCUT2D eigenvalue weighted by Gasteiger charge is 2.22. The first-order chi connectivity index (χ1) is 14.8. The van der Waals surface area contributed by atoms with Crippen LogP contribution in [0.2, 0.25) is 0 Å². The molecule has 1 aromatic heterocycles. The Morgan fingerprint density at radius 3 is 2.37 bits per heavy atom. The van der Waals surface area contributed by atoms with Crippen molar-refractivity contribution in [3.05, 3.63) is 77.6 Å². The minimum atomic E-state index is 0.149. The highest BCUT2D eigenvalue weighted by molar-refractivity contribution is 7.09. The van der Waals surface area contributed by atoms with Crippen LogP contribution in [0.1, 0.15) is 36.2 Å². The molecular formula is C24H28N4OS. The lowest BCUT2D eigenvalue weighted by molar-refractivity contribution is -0.121. The van der Waals surface area contributed by atoms with E-state index in [1.807, 2.05) is 36.4 Å². The second kappa shape index (κ2) is 10.3. The van der Waals surface area contributed by atoms with Gasteiger partial charge in [0, 0.05) is 44.0 Å². The third-order valence-corrected chi connectivity index (χ3v) is 6.43. The van der Waals surface area contributed by atoms with Crippen LogP contribution in [0.15, 0.2) is 60.7 Å². The first-order valence-electron chi connectivity index (χ1n) is 10.7. The molecule has 5 nitrogen and oxygen atoms in total. The number of anilines is 1. The molecule has 1 N–H and O–H groups in total. The second-order valence-corrected chi connectivity index (χ2v) is 8.61. The molecule has 0 unspecified atom stereocenters. The highest BCUT2D eigenvalue weighted by atomic mass is 32.1. The molecule has 6 heteroatoms. The molecule has 4 rings (SSSR count). The third kappa shape index (κ3) is 5.89. The van der Waals surface area contributed by atoms with Crippen molar-refractivity contribution < 1.29 is 4.79 Å². The summed E-state index contributed by atoms with van der Waals surface area (Å²) in [4.78, 5) is 19.2. The number of rotatable bonds is 8. The minimum Gasteiger partial charge on any atom is -0.356 e. The number of amides is 1. The smallest absolute Gasteiger partial charge is 0.220 e. The Hall–Kier alpha value is -2.73. The summed E-state index contributed by atoms with van der Waals surface area (Å²) in [6, 6.07) is 20.5. The van der Waals surface area contributed by atoms with Crippen molar-refractivity contribution in [2.45, 2.75) is 32.1 Å². The maximum Gasteiger partial charge on any atom is 0.220 e. The molecule has 0 bridgehead atoms. The SMILES string of the molecule is O=C(CCc1ccccc1)NCC1CCN(c2nc(Cc3ccccc3)ns2)CC1. The molecule has 30 heavy (non-hydrogen) atoms. The lowest BCUT2D eigenvalue weighted by atomic mass is 9.97. The van der Waals surface area contributed by atoms with Crippen LogP contribution in [0, 0.1) is 5.92 Å². The van der Waals surface area contributed by atoms with E-state index in [9.17, 15) is 4.79 Å². The van der Waals surface area contributed by atoms with Crippen molar-refractivity contribution in [1.82, 2.24) is 14.7 Å². The molecule has 1 amide bonds. The molecule has 0 spiro atoms. The Bertz CT molecular complexity index is 921. The van der Waals surface area contributed by atoms with E-state index in [2.05, 4.69) is 38.9 Å². The largest absolute Gasteiger partial charge is 0.356 e. The molecule has 2 heterocycles. The lowest BCUT2D eigenvalue weighted by Gasteiger charge is -2.31. The van der Waals surface area contributed by atoms with Crippen molar-refractivity contribution in [1.29, 1.82) is 0 Å². The van der Waals surface area contributed by atoms with Crippen LogP contribution in [0.3, 0.4) is 0 Å². The number of aryl methyl sites for hydroxylation is 1. The molecular weight excluding hydrogens is 392 g/mol. The lowest BCUT2D eigenvalue weighted by Crippen LogP contribution is -2.38. The number of benzene rings is 2. The number of carbonyl (C=O) groups is 1. The van der Waals surface area contributed by atoms with Gasteiger partial charge < -0.3 is 10.2 Å². The highest BCUT2D eigenvalue weighted by Crippen LogP contribution is 2.25. The number of hydrogen-bond donors (Lipinski definition) is 1. The van der Waals surface area contributed by atoms with Crippen molar-refractivity contribution in [2.24, 2.45) is 5.92 Å². The fourth-order valence-electron chi connectivity index (χ4n) is 3.80. The maximum absolute atomic E-state index is 12.2. The van der Waals surface area contributed by atoms with Crippen LogP contribution in [0.25, 0.3) is 0 Å². The minimum absolute atomic E-state index is 0.149. The van der Waals surface area contributed by atoms with Crippen LogP contribution >= 0.6 is 11.5 Å². The fourth-order valence-corrected chi connectivity index (χ4v) is 4.54. The van der Waals surface area contributed by atoms with Gasteiger partial charge in [-0.25, -0.2) is 4.98 Å². The van der Waals surface area contributed by atoms with Gasteiger partial charge in [0.25, 0.3) is 0 Å². The molecule has 1 aliphatic heterocycles. The van der Waals surface area contributed by atoms with Gasteiger partial charge in [0.1, 0.15) is 5.82 Å². The quantitative estimate of drug-likeness (QED) is 0.596. The fraction of sp³-hybridized carbons (Fsp3) is 0.375. The van der Waals surface area contributed by atoms with Gasteiger partial charge in [-0.05, 0) is 36.3 Å². The Morgan fingerprint density at radius 1 is 1.00 bits per heavy atom. The van der Waals surface area contributed by atoms with Crippen molar-refractivity contribution in [3.63, 3.8) is 0 Å². The number of carbonyl (C=O) groups excluding carboxylic acids is 1. The third-order valence-electron chi connectivity index (χ3n) is 5.62. The predicted molar refractivity (Wildman–Crippen MR) is 122 cm³/mol. The summed E-state index contributed by atoms with van der Waals surface area (Å²) in [7, 11) is 0. The number of hydrogen-bond acceptors (Lipinski definition) is 5. The second-order valence-electron chi connectivity index (χ2n) is 7.88. The van der Waals surface area contributed by atoms with Crippen molar-refractivity contribution >= 4 is 22.6 Å². The summed E-state index contributed by atoms with van der Waals surface area (Å²) in [5.74, 6) is 1.59. The molecule has 1 fully saturated rings. The van der Waals surface area contributed by atoms with E-state index in [1.54, 1.807) is 0 Å². The first kappa shape index (κ1) is 20.5. The summed E-state index contributed by atoms with van der Waals surface area (Å²) in [6.45, 7) is 2.73. The molecule has 0 atom stereocenters. The number of piperidine rings is 1. The van der Waals surface area contributed by atoms with Crippen LogP contribution in [-0.4, -0.2) is 34.9 Å². The van der Waals surface area contributed by atoms with Crippen molar-refractivity contribution in [3.8, 4) is 0 Å². The Kier molecular flexibility index (Phi) is 7.08. The Morgan fingerprint density at radius 2 is 1.67 bits per heavy atom. The van der Waals surface area contributed by atoms with Gasteiger partial charge in [0.15, 0.2) is 0 Å². The van der Waals surface area contributed by atoms with E-state index >= 15 is 0 Å². The van der Waals surface area contributed by atoms with Gasteiger partial charge in [0.2, 0.25) is 11.0 Å². The Balaban J connectivity index is 1.17. The monoisotopic (exact) mass is 420 g/mol. The van der Waals surface area contributed by atoms with Crippen LogP contribution in [0.5, 0.6) is 0 Å². The van der Waals surface area contributed by atoms with E-state index in [0.717, 1.165) is 56.3 Å². The van der Waals surface area contributed by atoms with Gasteiger partial charge in [0.05, 0.1) is 0 Å². The summed E-state index contributed by atoms with van der Waals surface area (Å²) in [6.07, 6.45) is 4.28. The molecule has 1 aliphatic rings. The van der Waals surface area contributed by atoms with E-state index in [4.69, 9.17) is 4.98 Å². The van der Waals surface area contributed by atoms with Gasteiger partial charge in [-0.3, -0.25) is 4.79 Å². The van der Waals surface area contributed by atoms with Gasteiger partial charge in [-0.1, -0.05) is 60.7 Å². The summed E-state index contributed by atoms with van der Waals surface area (Å²) < 4.78 is 4.54. The summed E-state index contributed by atoms with van der Waals surface area (Å²) in [5.41, 5.74) is 2.45. The van der Waals surface area contributed by atoms with E-state index in [-0.39, 0.29) is 5.91 Å². The van der Waals surface area contributed by atoms with E-state index in [1.165, 1.54) is 22.7 Å². The zero-order valence-electron chi connectivity index (χ0n) is 17.2. The molecule has 2 aromatic carbocycles. The molecule has 0 aliphatic carbocycles. The van der Waals surface area contributed by atoms with Gasteiger partial charge >= 0.3 is 0 Å². The summed E-state index contributed by atoms with van der Waals surface area (Å²) >= 11 is 1.49.